The smallest absolute Gasteiger partial charge is 0.425 e. The van der Waals surface area contributed by atoms with E-state index in [1.807, 2.05) is 13.8 Å². The first-order valence-corrected chi connectivity index (χ1v) is 7.15. The Hall–Kier alpha value is -1.66. The van der Waals surface area contributed by atoms with Crippen LogP contribution in [0.5, 0.6) is 0 Å². The van der Waals surface area contributed by atoms with Crippen molar-refractivity contribution in [3.8, 4) is 0 Å². The standard InChI is InChI=1S/C14H18ClN3O3/c1-9(2)7-18(11-5-4-6-16-12(11)15)8-10(13(19)20)17(3)14(18)21/h4-6,9-10H,7-8H2,1-3H3/p+1. The van der Waals surface area contributed by atoms with Gasteiger partial charge in [0.25, 0.3) is 0 Å². The molecule has 2 atom stereocenters. The van der Waals surface area contributed by atoms with Gasteiger partial charge in [-0.25, -0.2) is 19.1 Å². The maximum Gasteiger partial charge on any atom is 0.425 e. The van der Waals surface area contributed by atoms with Crippen molar-refractivity contribution in [1.29, 1.82) is 0 Å². The van der Waals surface area contributed by atoms with Crippen LogP contribution in [-0.2, 0) is 4.79 Å². The summed E-state index contributed by atoms with van der Waals surface area (Å²) in [6.07, 6.45) is 1.55. The lowest BCUT2D eigenvalue weighted by Gasteiger charge is -2.31. The molecular formula is C14H19ClN3O3+. The fourth-order valence-corrected chi connectivity index (χ4v) is 3.23. The average Bonchev–Trinajstić information content (AvgIpc) is 2.65. The molecule has 2 amide bonds. The summed E-state index contributed by atoms with van der Waals surface area (Å²) >= 11 is 6.17. The largest absolute Gasteiger partial charge is 0.480 e. The molecule has 21 heavy (non-hydrogen) atoms. The van der Waals surface area contributed by atoms with Gasteiger partial charge >= 0.3 is 12.0 Å². The van der Waals surface area contributed by atoms with Crippen molar-refractivity contribution in [3.05, 3.63) is 23.5 Å². The Bertz CT molecular complexity index is 578. The molecular weight excluding hydrogens is 294 g/mol. The van der Waals surface area contributed by atoms with Gasteiger partial charge in [-0.05, 0) is 6.07 Å². The Morgan fingerprint density at radius 3 is 2.76 bits per heavy atom. The van der Waals surface area contributed by atoms with Crippen LogP contribution in [0.15, 0.2) is 18.3 Å². The molecule has 114 valence electrons. The highest BCUT2D eigenvalue weighted by Gasteiger charge is 2.56. The number of aliphatic carboxylic acids is 1. The molecule has 0 aromatic carbocycles. The van der Waals surface area contributed by atoms with Crippen LogP contribution in [0.3, 0.4) is 0 Å². The zero-order chi connectivity index (χ0) is 15.8. The molecule has 0 bridgehead atoms. The van der Waals surface area contributed by atoms with E-state index < -0.39 is 12.0 Å². The molecule has 7 heteroatoms. The molecule has 1 aliphatic heterocycles. The number of likely N-dealkylation sites (N-methyl/N-ethyl adjacent to an activating group) is 1. The predicted octanol–water partition coefficient (Wildman–Crippen LogP) is 2.22. The summed E-state index contributed by atoms with van der Waals surface area (Å²) < 4.78 is -0.0994. The van der Waals surface area contributed by atoms with Crippen LogP contribution in [0.1, 0.15) is 13.8 Å². The fraction of sp³-hybridized carbons (Fsp3) is 0.500. The molecule has 0 saturated carbocycles. The van der Waals surface area contributed by atoms with E-state index in [0.717, 1.165) is 0 Å². The summed E-state index contributed by atoms with van der Waals surface area (Å²) in [6.45, 7) is 4.63. The number of urea groups is 1. The SMILES string of the molecule is CC(C)C[N+]1(c2cccnc2Cl)CC(C(=O)O)N(C)C1=O. The lowest BCUT2D eigenvalue weighted by Crippen LogP contribution is -2.54. The lowest BCUT2D eigenvalue weighted by molar-refractivity contribution is -0.140. The van der Waals surface area contributed by atoms with Crippen molar-refractivity contribution in [2.45, 2.75) is 19.9 Å². The van der Waals surface area contributed by atoms with Gasteiger partial charge in [0.15, 0.2) is 16.9 Å². The normalized spacial score (nSPS) is 25.7. The molecule has 0 radical (unpaired) electrons. The number of amides is 2. The highest BCUT2D eigenvalue weighted by atomic mass is 35.5. The third-order valence-corrected chi connectivity index (χ3v) is 4.07. The average molecular weight is 313 g/mol. The second kappa shape index (κ2) is 5.61. The van der Waals surface area contributed by atoms with Crippen molar-refractivity contribution in [2.75, 3.05) is 20.1 Å². The van der Waals surface area contributed by atoms with Crippen LogP contribution in [0, 0.1) is 5.92 Å². The number of carboxylic acids is 1. The number of carboxylic acid groups (broad SMARTS) is 1. The van der Waals surface area contributed by atoms with Crippen molar-refractivity contribution < 1.29 is 14.7 Å². The third kappa shape index (κ3) is 2.61. The monoisotopic (exact) mass is 312 g/mol. The van der Waals surface area contributed by atoms with Gasteiger partial charge in [0.05, 0.1) is 6.54 Å². The molecule has 1 aliphatic rings. The van der Waals surface area contributed by atoms with Gasteiger partial charge in [-0.2, -0.15) is 0 Å². The maximum absolute atomic E-state index is 12.8. The van der Waals surface area contributed by atoms with Crippen molar-refractivity contribution >= 4 is 29.3 Å². The number of carbonyl (C=O) groups excluding carboxylic acids is 1. The van der Waals surface area contributed by atoms with Crippen molar-refractivity contribution in [1.82, 2.24) is 14.4 Å². The van der Waals surface area contributed by atoms with E-state index in [4.69, 9.17) is 11.6 Å². The second-order valence-electron chi connectivity index (χ2n) is 5.79. The Morgan fingerprint density at radius 2 is 2.29 bits per heavy atom. The molecule has 6 nitrogen and oxygen atoms in total. The van der Waals surface area contributed by atoms with Crippen LogP contribution in [-0.4, -0.2) is 53.2 Å². The van der Waals surface area contributed by atoms with Gasteiger partial charge in [-0.3, -0.25) is 4.90 Å². The Kier molecular flexibility index (Phi) is 4.20. The third-order valence-electron chi connectivity index (χ3n) is 3.78. The highest BCUT2D eigenvalue weighted by Crippen LogP contribution is 2.36. The first kappa shape index (κ1) is 15.7. The Morgan fingerprint density at radius 1 is 1.62 bits per heavy atom. The number of carbonyl (C=O) groups is 2. The van der Waals surface area contributed by atoms with Crippen LogP contribution in [0.25, 0.3) is 0 Å². The van der Waals surface area contributed by atoms with Gasteiger partial charge in [-0.15, -0.1) is 0 Å². The number of halogens is 1. The van der Waals surface area contributed by atoms with Crippen LogP contribution in [0.2, 0.25) is 5.15 Å². The first-order chi connectivity index (χ1) is 9.79. The molecule has 1 saturated heterocycles. The molecule has 1 fully saturated rings. The van der Waals surface area contributed by atoms with Crippen molar-refractivity contribution in [3.63, 3.8) is 0 Å². The minimum atomic E-state index is -1.00. The molecule has 2 rings (SSSR count). The summed E-state index contributed by atoms with van der Waals surface area (Å²) in [5.74, 6) is -0.805. The lowest BCUT2D eigenvalue weighted by atomic mass is 10.1. The predicted molar refractivity (Wildman–Crippen MR) is 80.2 cm³/mol. The molecule has 2 heterocycles. The minimum Gasteiger partial charge on any atom is -0.480 e. The van der Waals surface area contributed by atoms with E-state index in [2.05, 4.69) is 4.98 Å². The molecule has 1 N–H and O–H groups in total. The van der Waals surface area contributed by atoms with E-state index in [-0.39, 0.29) is 28.1 Å². The Labute approximate surface area is 128 Å². The van der Waals surface area contributed by atoms with Crippen LogP contribution >= 0.6 is 11.6 Å². The van der Waals surface area contributed by atoms with E-state index >= 15 is 0 Å². The van der Waals surface area contributed by atoms with E-state index in [1.54, 1.807) is 18.3 Å². The van der Waals surface area contributed by atoms with Gasteiger partial charge in [0, 0.05) is 25.2 Å². The molecule has 1 aromatic rings. The summed E-state index contributed by atoms with van der Waals surface area (Å²) in [6, 6.07) is 2.34. The topological polar surface area (TPSA) is 70.5 Å². The fourth-order valence-electron chi connectivity index (χ4n) is 2.95. The van der Waals surface area contributed by atoms with E-state index in [0.29, 0.717) is 12.2 Å². The van der Waals surface area contributed by atoms with Gasteiger partial charge < -0.3 is 5.11 Å². The molecule has 1 aromatic heterocycles. The summed E-state index contributed by atoms with van der Waals surface area (Å²) in [4.78, 5) is 29.5. The van der Waals surface area contributed by atoms with Crippen molar-refractivity contribution in [2.24, 2.45) is 5.92 Å². The zero-order valence-electron chi connectivity index (χ0n) is 12.3. The Balaban J connectivity index is 2.57. The highest BCUT2D eigenvalue weighted by molar-refractivity contribution is 6.32. The number of rotatable bonds is 4. The van der Waals surface area contributed by atoms with E-state index in [1.165, 1.54) is 11.9 Å². The number of hydrogen-bond donors (Lipinski definition) is 1. The second-order valence-corrected chi connectivity index (χ2v) is 6.15. The summed E-state index contributed by atoms with van der Waals surface area (Å²) in [7, 11) is 1.52. The molecule has 2 unspecified atom stereocenters. The van der Waals surface area contributed by atoms with Crippen LogP contribution in [0.4, 0.5) is 10.5 Å². The number of nitrogens with zero attached hydrogens (tertiary/aromatic N) is 3. The van der Waals surface area contributed by atoms with Gasteiger partial charge in [-0.1, -0.05) is 25.4 Å². The number of aromatic nitrogens is 1. The minimum absolute atomic E-state index is 0.0994. The molecule has 0 spiro atoms. The summed E-state index contributed by atoms with van der Waals surface area (Å²) in [5.41, 5.74) is 0.563. The summed E-state index contributed by atoms with van der Waals surface area (Å²) in [5, 5.41) is 9.57. The van der Waals surface area contributed by atoms with Gasteiger partial charge in [0.1, 0.15) is 6.54 Å². The quantitative estimate of drug-likeness (QED) is 0.683. The van der Waals surface area contributed by atoms with Gasteiger partial charge in [0.2, 0.25) is 0 Å². The van der Waals surface area contributed by atoms with Crippen LogP contribution < -0.4 is 4.48 Å². The van der Waals surface area contributed by atoms with E-state index in [9.17, 15) is 14.7 Å². The number of pyridine rings is 1. The maximum atomic E-state index is 12.8. The molecule has 0 aliphatic carbocycles. The number of quaternary nitrogens is 1. The first-order valence-electron chi connectivity index (χ1n) is 6.78. The zero-order valence-corrected chi connectivity index (χ0v) is 13.0. The number of hydrogen-bond acceptors (Lipinski definition) is 3.